The third kappa shape index (κ3) is 15.6. The number of carbonyl (C=O) groups is 1. The second-order valence-corrected chi connectivity index (χ2v) is 7.30. The molecule has 0 amide bonds. The van der Waals surface area contributed by atoms with E-state index >= 15 is 0 Å². The van der Waals surface area contributed by atoms with Crippen molar-refractivity contribution in [2.24, 2.45) is 0 Å². The SMILES string of the molecule is CCCCC/C=C\C/C=C\C/C=C\CCCCC(=O)OCCN1CCOCC1. The number of carbonyl (C=O) groups excluding carboxylic acids is 1. The summed E-state index contributed by atoms with van der Waals surface area (Å²) in [4.78, 5) is 14.0. The number of morpholine rings is 1. The Bertz CT molecular complexity index is 451. The van der Waals surface area contributed by atoms with Crippen molar-refractivity contribution in [3.63, 3.8) is 0 Å². The highest BCUT2D eigenvalue weighted by atomic mass is 16.5. The van der Waals surface area contributed by atoms with Gasteiger partial charge in [-0.1, -0.05) is 56.2 Å². The maximum absolute atomic E-state index is 11.7. The molecule has 1 heterocycles. The monoisotopic (exact) mass is 391 g/mol. The van der Waals surface area contributed by atoms with Gasteiger partial charge in [0, 0.05) is 26.1 Å². The Morgan fingerprint density at radius 1 is 0.893 bits per heavy atom. The number of esters is 1. The molecule has 0 N–H and O–H groups in total. The van der Waals surface area contributed by atoms with Crippen LogP contribution in [-0.4, -0.2) is 50.3 Å². The molecule has 0 unspecified atom stereocenters. The largest absolute Gasteiger partial charge is 0.464 e. The molecule has 160 valence electrons. The van der Waals surface area contributed by atoms with Crippen molar-refractivity contribution in [2.45, 2.75) is 71.1 Å². The average Bonchev–Trinajstić information content (AvgIpc) is 2.71. The minimum Gasteiger partial charge on any atom is -0.464 e. The highest BCUT2D eigenvalue weighted by molar-refractivity contribution is 5.69. The summed E-state index contributed by atoms with van der Waals surface area (Å²) in [5, 5.41) is 0. The Morgan fingerprint density at radius 2 is 1.50 bits per heavy atom. The van der Waals surface area contributed by atoms with Crippen LogP contribution < -0.4 is 0 Å². The summed E-state index contributed by atoms with van der Waals surface area (Å²) in [6.07, 6.45) is 24.1. The predicted molar refractivity (Wildman–Crippen MR) is 117 cm³/mol. The van der Waals surface area contributed by atoms with Crippen molar-refractivity contribution in [1.82, 2.24) is 4.90 Å². The number of hydrogen-bond acceptors (Lipinski definition) is 4. The van der Waals surface area contributed by atoms with E-state index in [1.807, 2.05) is 0 Å². The van der Waals surface area contributed by atoms with Crippen LogP contribution in [0.25, 0.3) is 0 Å². The molecule has 0 radical (unpaired) electrons. The molecule has 0 bridgehead atoms. The van der Waals surface area contributed by atoms with Crippen LogP contribution >= 0.6 is 0 Å². The van der Waals surface area contributed by atoms with Crippen molar-refractivity contribution in [3.8, 4) is 0 Å². The van der Waals surface area contributed by atoms with Crippen LogP contribution in [0.15, 0.2) is 36.5 Å². The fourth-order valence-corrected chi connectivity index (χ4v) is 3.01. The van der Waals surface area contributed by atoms with Crippen LogP contribution in [0.1, 0.15) is 71.1 Å². The van der Waals surface area contributed by atoms with Crippen molar-refractivity contribution < 1.29 is 14.3 Å². The number of nitrogens with zero attached hydrogens (tertiary/aromatic N) is 1. The first-order chi connectivity index (χ1) is 13.8. The van der Waals surface area contributed by atoms with Crippen LogP contribution in [0.3, 0.4) is 0 Å². The Hall–Kier alpha value is -1.39. The van der Waals surface area contributed by atoms with Gasteiger partial charge in [0.15, 0.2) is 0 Å². The molecule has 4 nitrogen and oxygen atoms in total. The molecule has 0 aromatic carbocycles. The lowest BCUT2D eigenvalue weighted by Crippen LogP contribution is -2.38. The quantitative estimate of drug-likeness (QED) is 0.199. The number of ether oxygens (including phenoxy) is 2. The van der Waals surface area contributed by atoms with E-state index in [0.717, 1.165) is 65.0 Å². The summed E-state index contributed by atoms with van der Waals surface area (Å²) in [6, 6.07) is 0. The van der Waals surface area contributed by atoms with Gasteiger partial charge in [-0.3, -0.25) is 9.69 Å². The van der Waals surface area contributed by atoms with E-state index in [1.165, 1.54) is 25.7 Å². The summed E-state index contributed by atoms with van der Waals surface area (Å²) in [5.41, 5.74) is 0. The third-order valence-electron chi connectivity index (χ3n) is 4.79. The molecular weight excluding hydrogens is 350 g/mol. The second kappa shape index (κ2) is 18.9. The summed E-state index contributed by atoms with van der Waals surface area (Å²) in [7, 11) is 0. The van der Waals surface area contributed by atoms with Crippen LogP contribution in [-0.2, 0) is 14.3 Å². The van der Waals surface area contributed by atoms with E-state index in [9.17, 15) is 4.79 Å². The first-order valence-corrected chi connectivity index (χ1v) is 11.2. The van der Waals surface area contributed by atoms with E-state index in [4.69, 9.17) is 9.47 Å². The molecule has 0 spiro atoms. The van der Waals surface area contributed by atoms with Gasteiger partial charge in [-0.25, -0.2) is 0 Å². The third-order valence-corrected chi connectivity index (χ3v) is 4.79. The number of allylic oxidation sites excluding steroid dienone is 6. The maximum atomic E-state index is 11.7. The second-order valence-electron chi connectivity index (χ2n) is 7.30. The zero-order valence-electron chi connectivity index (χ0n) is 17.9. The zero-order chi connectivity index (χ0) is 20.1. The fraction of sp³-hybridized carbons (Fsp3) is 0.708. The first-order valence-electron chi connectivity index (χ1n) is 11.2. The molecule has 1 rings (SSSR count). The van der Waals surface area contributed by atoms with Gasteiger partial charge in [-0.2, -0.15) is 0 Å². The highest BCUT2D eigenvalue weighted by Crippen LogP contribution is 2.04. The Labute approximate surface area is 172 Å². The van der Waals surface area contributed by atoms with E-state index in [1.54, 1.807) is 0 Å². The molecule has 0 aromatic heterocycles. The van der Waals surface area contributed by atoms with Crippen LogP contribution in [0.2, 0.25) is 0 Å². The van der Waals surface area contributed by atoms with Gasteiger partial charge >= 0.3 is 5.97 Å². The van der Waals surface area contributed by atoms with Crippen molar-refractivity contribution in [3.05, 3.63) is 36.5 Å². The molecular formula is C24H41NO3. The summed E-state index contributed by atoms with van der Waals surface area (Å²) < 4.78 is 10.6. The van der Waals surface area contributed by atoms with Crippen molar-refractivity contribution in [1.29, 1.82) is 0 Å². The standard InChI is InChI=1S/C24H41NO3/c1-2-3-4-5-6-7-8-9-10-11-12-13-14-15-16-17-24(26)28-23-20-25-18-21-27-22-19-25/h6-7,9-10,12-13H,2-5,8,11,14-23H2,1H3/b7-6-,10-9-,13-12-. The van der Waals surface area contributed by atoms with E-state index < -0.39 is 0 Å². The topological polar surface area (TPSA) is 38.8 Å². The number of unbranched alkanes of at least 4 members (excludes halogenated alkanes) is 5. The van der Waals surface area contributed by atoms with Gasteiger partial charge in [-0.05, 0) is 44.9 Å². The smallest absolute Gasteiger partial charge is 0.305 e. The highest BCUT2D eigenvalue weighted by Gasteiger charge is 2.10. The van der Waals surface area contributed by atoms with E-state index in [0.29, 0.717) is 13.0 Å². The van der Waals surface area contributed by atoms with Crippen molar-refractivity contribution in [2.75, 3.05) is 39.5 Å². The normalized spacial score (nSPS) is 15.9. The molecule has 4 heteroatoms. The molecule has 0 aromatic rings. The minimum absolute atomic E-state index is 0.0667. The molecule has 1 aliphatic heterocycles. The van der Waals surface area contributed by atoms with Gasteiger partial charge in [0.2, 0.25) is 0 Å². The van der Waals surface area contributed by atoms with Gasteiger partial charge in [-0.15, -0.1) is 0 Å². The first kappa shape index (κ1) is 24.6. The van der Waals surface area contributed by atoms with Gasteiger partial charge < -0.3 is 9.47 Å². The van der Waals surface area contributed by atoms with E-state index in [2.05, 4.69) is 48.3 Å². The average molecular weight is 392 g/mol. The number of hydrogen-bond donors (Lipinski definition) is 0. The summed E-state index contributed by atoms with van der Waals surface area (Å²) >= 11 is 0. The van der Waals surface area contributed by atoms with Gasteiger partial charge in [0.1, 0.15) is 6.61 Å². The predicted octanol–water partition coefficient (Wildman–Crippen LogP) is 5.45. The van der Waals surface area contributed by atoms with Crippen LogP contribution in [0, 0.1) is 0 Å². The van der Waals surface area contributed by atoms with Crippen molar-refractivity contribution >= 4 is 5.97 Å². The molecule has 0 aliphatic carbocycles. The van der Waals surface area contributed by atoms with Crippen LogP contribution in [0.5, 0.6) is 0 Å². The van der Waals surface area contributed by atoms with E-state index in [-0.39, 0.29) is 5.97 Å². The molecule has 28 heavy (non-hydrogen) atoms. The van der Waals surface area contributed by atoms with Crippen LogP contribution in [0.4, 0.5) is 0 Å². The lowest BCUT2D eigenvalue weighted by Gasteiger charge is -2.26. The Balaban J connectivity index is 1.86. The lowest BCUT2D eigenvalue weighted by molar-refractivity contribution is -0.144. The molecule has 0 saturated carbocycles. The Kier molecular flexibility index (Phi) is 16.7. The fourth-order valence-electron chi connectivity index (χ4n) is 3.01. The van der Waals surface area contributed by atoms with Gasteiger partial charge in [0.05, 0.1) is 13.2 Å². The molecule has 1 aliphatic rings. The number of rotatable bonds is 16. The maximum Gasteiger partial charge on any atom is 0.305 e. The molecule has 1 fully saturated rings. The zero-order valence-corrected chi connectivity index (χ0v) is 17.9. The molecule has 1 saturated heterocycles. The molecule has 0 atom stereocenters. The summed E-state index contributed by atoms with van der Waals surface area (Å²) in [5.74, 6) is -0.0667. The lowest BCUT2D eigenvalue weighted by atomic mass is 10.1. The van der Waals surface area contributed by atoms with Gasteiger partial charge in [0.25, 0.3) is 0 Å². The summed E-state index contributed by atoms with van der Waals surface area (Å²) in [6.45, 7) is 7.01. The minimum atomic E-state index is -0.0667. The Morgan fingerprint density at radius 3 is 2.14 bits per heavy atom.